The van der Waals surface area contributed by atoms with Crippen LogP contribution in [0.1, 0.15) is 33.6 Å². The number of benzene rings is 1. The molecule has 4 heteroatoms. The van der Waals surface area contributed by atoms with Gasteiger partial charge in [0.15, 0.2) is 0 Å². The summed E-state index contributed by atoms with van der Waals surface area (Å²) < 4.78 is 5.66. The van der Waals surface area contributed by atoms with Crippen molar-refractivity contribution in [2.75, 3.05) is 24.2 Å². The zero-order valence-electron chi connectivity index (χ0n) is 12.1. The maximum absolute atomic E-state index is 8.98. The second-order valence-corrected chi connectivity index (χ2v) is 5.09. The molecular weight excluding hydrogens is 240 g/mol. The number of nitrogen functional groups attached to an aromatic ring is 1. The van der Waals surface area contributed by atoms with Crippen molar-refractivity contribution in [1.29, 1.82) is 0 Å². The van der Waals surface area contributed by atoms with Crippen molar-refractivity contribution in [3.63, 3.8) is 0 Å². The van der Waals surface area contributed by atoms with Gasteiger partial charge < -0.3 is 20.9 Å². The zero-order chi connectivity index (χ0) is 14.3. The lowest BCUT2D eigenvalue weighted by Gasteiger charge is -2.17. The van der Waals surface area contributed by atoms with Crippen molar-refractivity contribution >= 4 is 11.4 Å². The Morgan fingerprint density at radius 3 is 2.68 bits per heavy atom. The summed E-state index contributed by atoms with van der Waals surface area (Å²) >= 11 is 0. The third-order valence-corrected chi connectivity index (χ3v) is 3.09. The van der Waals surface area contributed by atoms with E-state index in [0.717, 1.165) is 30.8 Å². The van der Waals surface area contributed by atoms with Gasteiger partial charge in [-0.2, -0.15) is 0 Å². The van der Waals surface area contributed by atoms with Crippen LogP contribution in [0.15, 0.2) is 18.2 Å². The van der Waals surface area contributed by atoms with Crippen LogP contribution in [0.5, 0.6) is 5.75 Å². The fraction of sp³-hybridized carbons (Fsp3) is 0.600. The molecule has 108 valence electrons. The molecule has 0 saturated carbocycles. The molecule has 0 amide bonds. The normalized spacial score (nSPS) is 12.5. The Balaban J connectivity index is 2.63. The average Bonchev–Trinajstić information content (AvgIpc) is 2.37. The maximum atomic E-state index is 8.98. The summed E-state index contributed by atoms with van der Waals surface area (Å²) in [6, 6.07) is 5.74. The van der Waals surface area contributed by atoms with Gasteiger partial charge in [0.1, 0.15) is 5.75 Å². The first-order chi connectivity index (χ1) is 9.06. The molecule has 0 radical (unpaired) electrons. The van der Waals surface area contributed by atoms with Crippen LogP contribution in [0.4, 0.5) is 11.4 Å². The van der Waals surface area contributed by atoms with Crippen molar-refractivity contribution in [1.82, 2.24) is 0 Å². The molecule has 1 rings (SSSR count). The van der Waals surface area contributed by atoms with E-state index >= 15 is 0 Å². The van der Waals surface area contributed by atoms with E-state index in [0.29, 0.717) is 11.6 Å². The van der Waals surface area contributed by atoms with Crippen LogP contribution in [-0.4, -0.2) is 24.4 Å². The lowest BCUT2D eigenvalue weighted by atomic mass is 10.0. The predicted octanol–water partition coefficient (Wildman–Crippen LogP) is 2.88. The topological polar surface area (TPSA) is 67.5 Å². The number of ether oxygens (including phenoxy) is 1. The van der Waals surface area contributed by atoms with E-state index in [1.165, 1.54) is 0 Å². The van der Waals surface area contributed by atoms with E-state index in [2.05, 4.69) is 12.2 Å². The average molecular weight is 266 g/mol. The van der Waals surface area contributed by atoms with Crippen molar-refractivity contribution < 1.29 is 9.84 Å². The molecule has 0 fully saturated rings. The smallest absolute Gasteiger partial charge is 0.144 e. The van der Waals surface area contributed by atoms with Crippen LogP contribution in [0, 0.1) is 5.92 Å². The van der Waals surface area contributed by atoms with Gasteiger partial charge in [0.25, 0.3) is 0 Å². The van der Waals surface area contributed by atoms with Gasteiger partial charge in [0.05, 0.1) is 11.8 Å². The van der Waals surface area contributed by atoms with Crippen LogP contribution in [0.3, 0.4) is 0 Å². The van der Waals surface area contributed by atoms with Gasteiger partial charge in [0.2, 0.25) is 0 Å². The molecule has 0 aliphatic rings. The number of aliphatic hydroxyl groups excluding tert-OH is 1. The SMILES string of the molecule is CCC(CCO)CNc1ccc(N)c(OC(C)C)c1. The van der Waals surface area contributed by atoms with Crippen LogP contribution in [0.2, 0.25) is 0 Å². The Morgan fingerprint density at radius 2 is 2.11 bits per heavy atom. The molecule has 0 spiro atoms. The van der Waals surface area contributed by atoms with Gasteiger partial charge in [-0.15, -0.1) is 0 Å². The third kappa shape index (κ3) is 5.39. The summed E-state index contributed by atoms with van der Waals surface area (Å²) in [5.41, 5.74) is 7.54. The summed E-state index contributed by atoms with van der Waals surface area (Å²) in [6.45, 7) is 7.19. The number of nitrogens with one attached hydrogen (secondary N) is 1. The minimum atomic E-state index is 0.107. The van der Waals surface area contributed by atoms with E-state index in [4.69, 9.17) is 15.6 Å². The highest BCUT2D eigenvalue weighted by atomic mass is 16.5. The number of anilines is 2. The van der Waals surface area contributed by atoms with E-state index in [1.54, 1.807) is 0 Å². The van der Waals surface area contributed by atoms with Crippen molar-refractivity contribution in [2.45, 2.75) is 39.7 Å². The van der Waals surface area contributed by atoms with Gasteiger partial charge in [-0.05, 0) is 38.3 Å². The number of rotatable bonds is 8. The molecule has 1 aromatic carbocycles. The highest BCUT2D eigenvalue weighted by molar-refractivity contribution is 5.61. The Labute approximate surface area is 116 Å². The Bertz CT molecular complexity index is 380. The molecule has 4 nitrogen and oxygen atoms in total. The van der Waals surface area contributed by atoms with Crippen LogP contribution < -0.4 is 15.8 Å². The molecule has 0 saturated heterocycles. The second kappa shape index (κ2) is 7.89. The summed E-state index contributed by atoms with van der Waals surface area (Å²) in [6.07, 6.45) is 1.99. The third-order valence-electron chi connectivity index (χ3n) is 3.09. The number of hydrogen-bond acceptors (Lipinski definition) is 4. The van der Waals surface area contributed by atoms with E-state index in [-0.39, 0.29) is 12.7 Å². The molecule has 19 heavy (non-hydrogen) atoms. The molecule has 1 unspecified atom stereocenters. The Hall–Kier alpha value is -1.42. The quantitative estimate of drug-likeness (QED) is 0.633. The highest BCUT2D eigenvalue weighted by Crippen LogP contribution is 2.26. The monoisotopic (exact) mass is 266 g/mol. The molecule has 0 heterocycles. The van der Waals surface area contributed by atoms with Gasteiger partial charge >= 0.3 is 0 Å². The Kier molecular flexibility index (Phi) is 6.50. The number of nitrogens with two attached hydrogens (primary N) is 1. The Morgan fingerprint density at radius 1 is 1.37 bits per heavy atom. The fourth-order valence-electron chi connectivity index (χ4n) is 1.90. The lowest BCUT2D eigenvalue weighted by Crippen LogP contribution is -2.15. The van der Waals surface area contributed by atoms with Gasteiger partial charge in [0, 0.05) is 24.9 Å². The minimum absolute atomic E-state index is 0.107. The van der Waals surface area contributed by atoms with Crippen molar-refractivity contribution in [3.05, 3.63) is 18.2 Å². The first-order valence-corrected chi connectivity index (χ1v) is 6.97. The first-order valence-electron chi connectivity index (χ1n) is 6.97. The molecule has 0 aliphatic carbocycles. The molecule has 0 bridgehead atoms. The molecule has 0 aromatic heterocycles. The lowest BCUT2D eigenvalue weighted by molar-refractivity contribution is 0.244. The molecular formula is C15H26N2O2. The fourth-order valence-corrected chi connectivity index (χ4v) is 1.90. The largest absolute Gasteiger partial charge is 0.489 e. The second-order valence-electron chi connectivity index (χ2n) is 5.09. The van der Waals surface area contributed by atoms with Gasteiger partial charge in [-0.1, -0.05) is 13.3 Å². The highest BCUT2D eigenvalue weighted by Gasteiger charge is 2.07. The summed E-state index contributed by atoms with van der Waals surface area (Å²) in [7, 11) is 0. The molecule has 1 atom stereocenters. The maximum Gasteiger partial charge on any atom is 0.144 e. The van der Waals surface area contributed by atoms with Crippen molar-refractivity contribution in [3.8, 4) is 5.75 Å². The zero-order valence-corrected chi connectivity index (χ0v) is 12.1. The van der Waals surface area contributed by atoms with Gasteiger partial charge in [-0.3, -0.25) is 0 Å². The molecule has 1 aromatic rings. The molecule has 4 N–H and O–H groups in total. The van der Waals surface area contributed by atoms with Gasteiger partial charge in [-0.25, -0.2) is 0 Å². The van der Waals surface area contributed by atoms with Crippen LogP contribution >= 0.6 is 0 Å². The van der Waals surface area contributed by atoms with Crippen LogP contribution in [0.25, 0.3) is 0 Å². The number of hydrogen-bond donors (Lipinski definition) is 3. The first kappa shape index (κ1) is 15.6. The molecule has 0 aliphatic heterocycles. The minimum Gasteiger partial charge on any atom is -0.489 e. The van der Waals surface area contributed by atoms with Crippen LogP contribution in [-0.2, 0) is 0 Å². The van der Waals surface area contributed by atoms with E-state index in [1.807, 2.05) is 32.0 Å². The van der Waals surface area contributed by atoms with Crippen molar-refractivity contribution in [2.24, 2.45) is 5.92 Å². The number of aliphatic hydroxyl groups is 1. The summed E-state index contributed by atoms with van der Waals surface area (Å²) in [5.74, 6) is 1.20. The standard InChI is InChI=1S/C15H26N2O2/c1-4-12(7-8-18)10-17-13-5-6-14(16)15(9-13)19-11(2)3/h5-6,9,11-12,17-18H,4,7-8,10,16H2,1-3H3. The summed E-state index contributed by atoms with van der Waals surface area (Å²) in [5, 5.41) is 12.4. The summed E-state index contributed by atoms with van der Waals surface area (Å²) in [4.78, 5) is 0. The van der Waals surface area contributed by atoms with E-state index < -0.39 is 0 Å². The van der Waals surface area contributed by atoms with E-state index in [9.17, 15) is 0 Å². The predicted molar refractivity (Wildman–Crippen MR) is 80.6 cm³/mol.